The van der Waals surface area contributed by atoms with Crippen molar-refractivity contribution in [2.75, 3.05) is 18.5 Å². The molecule has 2 rings (SSSR count). The van der Waals surface area contributed by atoms with Crippen LogP contribution in [0.5, 0.6) is 11.5 Å². The number of nitriles is 1. The van der Waals surface area contributed by atoms with Crippen molar-refractivity contribution in [3.8, 4) is 17.6 Å². The van der Waals surface area contributed by atoms with E-state index >= 15 is 0 Å². The number of hydrogen-bond acceptors (Lipinski definition) is 5. The Labute approximate surface area is 157 Å². The van der Waals surface area contributed by atoms with E-state index in [1.54, 1.807) is 54.6 Å². The summed E-state index contributed by atoms with van der Waals surface area (Å²) < 4.78 is 10.8. The predicted molar refractivity (Wildman–Crippen MR) is 100 cm³/mol. The van der Waals surface area contributed by atoms with Crippen LogP contribution in [0, 0.1) is 11.3 Å². The Balaban J connectivity index is 1.88. The number of carbonyl (C=O) groups excluding carboxylic acids is 2. The summed E-state index contributed by atoms with van der Waals surface area (Å²) in [4.78, 5) is 23.6. The van der Waals surface area contributed by atoms with Crippen LogP contribution in [-0.2, 0) is 16.1 Å². The quantitative estimate of drug-likeness (QED) is 0.710. The van der Waals surface area contributed by atoms with E-state index in [1.165, 1.54) is 0 Å². The number of hydrogen-bond donors (Lipinski definition) is 2. The topological polar surface area (TPSA) is 100 Å². The highest BCUT2D eigenvalue weighted by Crippen LogP contribution is 2.18. The van der Waals surface area contributed by atoms with Crippen LogP contribution >= 0.6 is 0 Å². The molecule has 2 N–H and O–H groups in total. The standard InChI is InChI=1S/C20H21N3O4/c1-2-26-16-7-9-17(10-8-16)27-14-20(25)23-18-6-4-3-5-15(18)13-22-19(24)11-12-21/h3-10H,2,11,13-14H2,1H3,(H,22,24)(H,23,25). The summed E-state index contributed by atoms with van der Waals surface area (Å²) in [5.74, 6) is 0.615. The van der Waals surface area contributed by atoms with Crippen molar-refractivity contribution in [1.29, 1.82) is 5.26 Å². The zero-order valence-electron chi connectivity index (χ0n) is 15.0. The normalized spacial score (nSPS) is 9.78. The minimum absolute atomic E-state index is 0.150. The predicted octanol–water partition coefficient (Wildman–Crippen LogP) is 2.63. The van der Waals surface area contributed by atoms with Gasteiger partial charge >= 0.3 is 0 Å². The Bertz CT molecular complexity index is 813. The van der Waals surface area contributed by atoms with Gasteiger partial charge < -0.3 is 20.1 Å². The molecule has 0 atom stereocenters. The SMILES string of the molecule is CCOc1ccc(OCC(=O)Nc2ccccc2CNC(=O)CC#N)cc1. The molecule has 0 radical (unpaired) electrons. The number of nitrogens with zero attached hydrogens (tertiary/aromatic N) is 1. The molecule has 0 aliphatic carbocycles. The van der Waals surface area contributed by atoms with Crippen molar-refractivity contribution in [2.45, 2.75) is 19.9 Å². The first-order valence-electron chi connectivity index (χ1n) is 8.49. The van der Waals surface area contributed by atoms with E-state index in [1.807, 2.05) is 6.92 Å². The number of amides is 2. The van der Waals surface area contributed by atoms with Crippen LogP contribution in [0.1, 0.15) is 18.9 Å². The second-order valence-corrected chi connectivity index (χ2v) is 5.51. The molecule has 27 heavy (non-hydrogen) atoms. The maximum atomic E-state index is 12.2. The van der Waals surface area contributed by atoms with Crippen molar-refractivity contribution < 1.29 is 19.1 Å². The van der Waals surface area contributed by atoms with Crippen LogP contribution in [0.4, 0.5) is 5.69 Å². The molecule has 2 aromatic carbocycles. The molecule has 0 unspecified atom stereocenters. The van der Waals surface area contributed by atoms with Gasteiger partial charge in [-0.2, -0.15) is 5.26 Å². The summed E-state index contributed by atoms with van der Waals surface area (Å²) in [5, 5.41) is 13.9. The molecule has 0 aromatic heterocycles. The third kappa shape index (κ3) is 6.71. The summed E-state index contributed by atoms with van der Waals surface area (Å²) >= 11 is 0. The molecule has 0 bridgehead atoms. The first-order chi connectivity index (χ1) is 13.1. The van der Waals surface area contributed by atoms with Crippen LogP contribution in [0.2, 0.25) is 0 Å². The highest BCUT2D eigenvalue weighted by Gasteiger charge is 2.09. The highest BCUT2D eigenvalue weighted by molar-refractivity contribution is 5.92. The van der Waals surface area contributed by atoms with Gasteiger partial charge in [-0.1, -0.05) is 18.2 Å². The van der Waals surface area contributed by atoms with E-state index in [4.69, 9.17) is 14.7 Å². The van der Waals surface area contributed by atoms with Crippen LogP contribution in [0.15, 0.2) is 48.5 Å². The molecule has 7 nitrogen and oxygen atoms in total. The monoisotopic (exact) mass is 367 g/mol. The Morgan fingerprint density at radius 1 is 1.00 bits per heavy atom. The number of ether oxygens (including phenoxy) is 2. The van der Waals surface area contributed by atoms with E-state index < -0.39 is 0 Å². The van der Waals surface area contributed by atoms with E-state index in [-0.39, 0.29) is 31.4 Å². The number of carbonyl (C=O) groups is 2. The fourth-order valence-electron chi connectivity index (χ4n) is 2.26. The smallest absolute Gasteiger partial charge is 0.262 e. The molecular formula is C20H21N3O4. The minimum Gasteiger partial charge on any atom is -0.494 e. The lowest BCUT2D eigenvalue weighted by Crippen LogP contribution is -2.24. The van der Waals surface area contributed by atoms with Crippen molar-refractivity contribution in [3.63, 3.8) is 0 Å². The molecule has 2 amide bonds. The van der Waals surface area contributed by atoms with Crippen LogP contribution in [0.25, 0.3) is 0 Å². The lowest BCUT2D eigenvalue weighted by atomic mass is 10.1. The zero-order valence-corrected chi connectivity index (χ0v) is 15.0. The van der Waals surface area contributed by atoms with Crippen molar-refractivity contribution in [1.82, 2.24) is 5.32 Å². The Hall–Kier alpha value is -3.53. The summed E-state index contributed by atoms with van der Waals surface area (Å²) in [6.45, 7) is 2.56. The van der Waals surface area contributed by atoms with Crippen molar-refractivity contribution in [2.24, 2.45) is 0 Å². The highest BCUT2D eigenvalue weighted by atomic mass is 16.5. The van der Waals surface area contributed by atoms with Gasteiger partial charge in [-0.15, -0.1) is 0 Å². The van der Waals surface area contributed by atoms with E-state index in [0.717, 1.165) is 11.3 Å². The Morgan fingerprint density at radius 3 is 2.33 bits per heavy atom. The number of para-hydroxylation sites is 1. The van der Waals surface area contributed by atoms with E-state index in [9.17, 15) is 9.59 Å². The average molecular weight is 367 g/mol. The Morgan fingerprint density at radius 2 is 1.67 bits per heavy atom. The van der Waals surface area contributed by atoms with Crippen molar-refractivity contribution >= 4 is 17.5 Å². The molecule has 0 aliphatic heterocycles. The van der Waals surface area contributed by atoms with Gasteiger partial charge in [0.2, 0.25) is 5.91 Å². The first kappa shape index (κ1) is 19.8. The number of benzene rings is 2. The lowest BCUT2D eigenvalue weighted by molar-refractivity contribution is -0.120. The average Bonchev–Trinajstić information content (AvgIpc) is 2.67. The fourth-order valence-corrected chi connectivity index (χ4v) is 2.26. The zero-order chi connectivity index (χ0) is 19.5. The summed E-state index contributed by atoms with van der Waals surface area (Å²) in [7, 11) is 0. The number of nitrogens with one attached hydrogen (secondary N) is 2. The van der Waals surface area contributed by atoms with E-state index in [0.29, 0.717) is 18.0 Å². The van der Waals surface area contributed by atoms with Gasteiger partial charge in [0.15, 0.2) is 6.61 Å². The van der Waals surface area contributed by atoms with Crippen LogP contribution < -0.4 is 20.1 Å². The molecule has 0 fully saturated rings. The van der Waals surface area contributed by atoms with Gasteiger partial charge in [-0.05, 0) is 42.8 Å². The molecule has 0 heterocycles. The maximum Gasteiger partial charge on any atom is 0.262 e. The molecule has 2 aromatic rings. The molecule has 140 valence electrons. The summed E-state index contributed by atoms with van der Waals surface area (Å²) in [6, 6.07) is 15.9. The number of rotatable bonds is 9. The van der Waals surface area contributed by atoms with Gasteiger partial charge in [-0.3, -0.25) is 9.59 Å². The van der Waals surface area contributed by atoms with Gasteiger partial charge in [0, 0.05) is 12.2 Å². The van der Waals surface area contributed by atoms with Crippen LogP contribution in [-0.4, -0.2) is 25.0 Å². The van der Waals surface area contributed by atoms with Gasteiger partial charge in [0.1, 0.15) is 17.9 Å². The third-order valence-corrected chi connectivity index (χ3v) is 3.51. The fraction of sp³-hybridized carbons (Fsp3) is 0.250. The molecule has 0 aliphatic rings. The molecular weight excluding hydrogens is 346 g/mol. The lowest BCUT2D eigenvalue weighted by Gasteiger charge is -2.12. The first-order valence-corrected chi connectivity index (χ1v) is 8.49. The van der Waals surface area contributed by atoms with Crippen molar-refractivity contribution in [3.05, 3.63) is 54.1 Å². The second kappa shape index (κ2) is 10.5. The number of anilines is 1. The van der Waals surface area contributed by atoms with Gasteiger partial charge in [-0.25, -0.2) is 0 Å². The third-order valence-electron chi connectivity index (χ3n) is 3.51. The molecule has 0 saturated carbocycles. The van der Waals surface area contributed by atoms with Gasteiger partial charge in [0.25, 0.3) is 5.91 Å². The molecule has 0 spiro atoms. The van der Waals surface area contributed by atoms with E-state index in [2.05, 4.69) is 10.6 Å². The maximum absolute atomic E-state index is 12.2. The second-order valence-electron chi connectivity index (χ2n) is 5.51. The molecule has 7 heteroatoms. The Kier molecular flexibility index (Phi) is 7.67. The molecule has 0 saturated heterocycles. The van der Waals surface area contributed by atoms with Gasteiger partial charge in [0.05, 0.1) is 12.7 Å². The summed E-state index contributed by atoms with van der Waals surface area (Å²) in [5.41, 5.74) is 1.31. The summed E-state index contributed by atoms with van der Waals surface area (Å²) in [6.07, 6.45) is -0.204. The minimum atomic E-state index is -0.363. The van der Waals surface area contributed by atoms with Crippen LogP contribution in [0.3, 0.4) is 0 Å². The largest absolute Gasteiger partial charge is 0.494 e.